The Morgan fingerprint density at radius 1 is 0.339 bits per heavy atom. The second kappa shape index (κ2) is 13.4. The lowest BCUT2D eigenvalue weighted by Gasteiger charge is -2.30. The second-order valence-electron chi connectivity index (χ2n) is 15.3. The number of nitrogens with zero attached hydrogens (tertiary/aromatic N) is 2. The van der Waals surface area contributed by atoms with Crippen molar-refractivity contribution >= 4 is 82.4 Å². The number of hydrogen-bond acceptors (Lipinski definition) is 2. The minimum absolute atomic E-state index is 0.883. The summed E-state index contributed by atoms with van der Waals surface area (Å²) < 4.78 is 8.89. The molecule has 3 heteroatoms. The summed E-state index contributed by atoms with van der Waals surface area (Å²) in [6, 6.07) is 79.0. The van der Waals surface area contributed by atoms with Crippen molar-refractivity contribution in [3.63, 3.8) is 0 Å². The number of rotatable bonds is 6. The highest BCUT2D eigenvalue weighted by atomic mass is 16.3. The Hall–Kier alpha value is -7.88. The van der Waals surface area contributed by atoms with E-state index in [2.05, 4.69) is 228 Å². The third kappa shape index (κ3) is 5.44. The van der Waals surface area contributed by atoms with Gasteiger partial charge in [-0.3, -0.25) is 0 Å². The van der Waals surface area contributed by atoms with Gasteiger partial charge < -0.3 is 13.9 Å². The average molecular weight is 753 g/mol. The van der Waals surface area contributed by atoms with E-state index in [1.807, 2.05) is 0 Å². The van der Waals surface area contributed by atoms with Crippen LogP contribution in [0.15, 0.2) is 223 Å². The molecule has 2 heterocycles. The average Bonchev–Trinajstić information content (AvgIpc) is 3.83. The van der Waals surface area contributed by atoms with Crippen molar-refractivity contribution in [3.8, 4) is 27.9 Å². The Morgan fingerprint density at radius 2 is 0.932 bits per heavy atom. The first-order chi connectivity index (χ1) is 29.2. The summed E-state index contributed by atoms with van der Waals surface area (Å²) in [5.74, 6) is 0. The lowest BCUT2D eigenvalue weighted by molar-refractivity contribution is 0.669. The fraction of sp³-hybridized carbons (Fsp3) is 0. The van der Waals surface area contributed by atoms with Crippen molar-refractivity contribution in [1.82, 2.24) is 4.57 Å². The SMILES string of the molecule is c1cc(-c2ccc3ccccc3c2)cc(N(c2ccccc2-c2ccc3oc4cc5ccccc5cc4c3c2)c2ccccc2-n2c3ccccc3c3ccccc32)c1. The van der Waals surface area contributed by atoms with Crippen LogP contribution in [0.1, 0.15) is 0 Å². The molecule has 3 nitrogen and oxygen atoms in total. The second-order valence-corrected chi connectivity index (χ2v) is 15.3. The van der Waals surface area contributed by atoms with Gasteiger partial charge in [0.25, 0.3) is 0 Å². The van der Waals surface area contributed by atoms with Crippen LogP contribution in [0.5, 0.6) is 0 Å². The molecule has 12 aromatic rings. The molecule has 0 bridgehead atoms. The summed E-state index contributed by atoms with van der Waals surface area (Å²) in [5, 5.41) is 9.53. The molecule has 0 N–H and O–H groups in total. The number of benzene rings is 10. The zero-order valence-corrected chi connectivity index (χ0v) is 32.1. The minimum Gasteiger partial charge on any atom is -0.456 e. The topological polar surface area (TPSA) is 21.3 Å². The molecule has 59 heavy (non-hydrogen) atoms. The molecule has 0 saturated carbocycles. The third-order valence-corrected chi connectivity index (χ3v) is 11.9. The highest BCUT2D eigenvalue weighted by molar-refractivity contribution is 6.12. The number of aromatic nitrogens is 1. The highest BCUT2D eigenvalue weighted by Gasteiger charge is 2.23. The van der Waals surface area contributed by atoms with Crippen LogP contribution < -0.4 is 4.90 Å². The quantitative estimate of drug-likeness (QED) is 0.169. The van der Waals surface area contributed by atoms with Gasteiger partial charge in [0.15, 0.2) is 0 Å². The van der Waals surface area contributed by atoms with Crippen molar-refractivity contribution in [2.24, 2.45) is 0 Å². The Kier molecular flexibility index (Phi) is 7.54. The zero-order chi connectivity index (χ0) is 38.9. The van der Waals surface area contributed by atoms with Crippen LogP contribution >= 0.6 is 0 Å². The molecule has 0 saturated heterocycles. The Bertz CT molecular complexity index is 3540. The van der Waals surface area contributed by atoms with Crippen molar-refractivity contribution in [3.05, 3.63) is 218 Å². The van der Waals surface area contributed by atoms with Gasteiger partial charge in [-0.15, -0.1) is 0 Å². The number of furan rings is 1. The van der Waals surface area contributed by atoms with E-state index in [-0.39, 0.29) is 0 Å². The van der Waals surface area contributed by atoms with Crippen molar-refractivity contribution in [2.45, 2.75) is 0 Å². The molecule has 0 spiro atoms. The van der Waals surface area contributed by atoms with Gasteiger partial charge in [-0.2, -0.15) is 0 Å². The number of hydrogen-bond donors (Lipinski definition) is 0. The van der Waals surface area contributed by atoms with Crippen LogP contribution in [0.4, 0.5) is 17.1 Å². The summed E-state index contributed by atoms with van der Waals surface area (Å²) in [4.78, 5) is 2.45. The Labute approximate surface area is 341 Å². The van der Waals surface area contributed by atoms with E-state index in [9.17, 15) is 0 Å². The maximum Gasteiger partial charge on any atom is 0.136 e. The van der Waals surface area contributed by atoms with Gasteiger partial charge >= 0.3 is 0 Å². The maximum absolute atomic E-state index is 6.46. The molecular formula is C56H36N2O. The Morgan fingerprint density at radius 3 is 1.73 bits per heavy atom. The fourth-order valence-corrected chi connectivity index (χ4v) is 9.17. The van der Waals surface area contributed by atoms with E-state index in [0.717, 1.165) is 61.4 Å². The predicted molar refractivity (Wildman–Crippen MR) is 249 cm³/mol. The zero-order valence-electron chi connectivity index (χ0n) is 32.1. The van der Waals surface area contributed by atoms with E-state index in [1.165, 1.54) is 48.9 Å². The molecular weight excluding hydrogens is 717 g/mol. The fourth-order valence-electron chi connectivity index (χ4n) is 9.17. The number of para-hydroxylation sites is 5. The molecule has 0 fully saturated rings. The van der Waals surface area contributed by atoms with Crippen molar-refractivity contribution < 1.29 is 4.42 Å². The smallest absolute Gasteiger partial charge is 0.136 e. The van der Waals surface area contributed by atoms with E-state index in [4.69, 9.17) is 4.42 Å². The van der Waals surface area contributed by atoms with E-state index < -0.39 is 0 Å². The summed E-state index contributed by atoms with van der Waals surface area (Å²) >= 11 is 0. The van der Waals surface area contributed by atoms with Gasteiger partial charge in [0, 0.05) is 32.8 Å². The van der Waals surface area contributed by atoms with Gasteiger partial charge in [0.05, 0.1) is 28.1 Å². The summed E-state index contributed by atoms with van der Waals surface area (Å²) in [7, 11) is 0. The maximum atomic E-state index is 6.46. The van der Waals surface area contributed by atoms with Crippen LogP contribution in [0, 0.1) is 0 Å². The summed E-state index contributed by atoms with van der Waals surface area (Å²) in [6.07, 6.45) is 0. The van der Waals surface area contributed by atoms with Gasteiger partial charge in [0.2, 0.25) is 0 Å². The first kappa shape index (κ1) is 33.3. The standard InChI is InChI=1S/C56H36N2O/c1-2-15-38-32-42(29-28-37(38)14-1)39-18-13-19-44(33-39)57(53-26-11-12-27-54(53)58-51-24-9-6-21-46(51)47-22-7-10-25-52(47)58)50-23-8-5-20-45(50)43-30-31-55-48(35-43)49-34-40-16-3-4-17-41(40)36-56(49)59-55/h1-36H. The largest absolute Gasteiger partial charge is 0.456 e. The first-order valence-corrected chi connectivity index (χ1v) is 20.2. The van der Waals surface area contributed by atoms with E-state index in [0.29, 0.717) is 0 Å². The molecule has 0 aliphatic rings. The first-order valence-electron chi connectivity index (χ1n) is 20.2. The molecule has 0 aliphatic carbocycles. The van der Waals surface area contributed by atoms with E-state index >= 15 is 0 Å². The number of fused-ring (bicyclic) bond motifs is 8. The molecule has 12 rings (SSSR count). The van der Waals surface area contributed by atoms with Crippen LogP contribution in [0.3, 0.4) is 0 Å². The molecule has 0 atom stereocenters. The van der Waals surface area contributed by atoms with Crippen LogP contribution in [-0.2, 0) is 0 Å². The van der Waals surface area contributed by atoms with Gasteiger partial charge in [0.1, 0.15) is 11.2 Å². The summed E-state index contributed by atoms with van der Waals surface area (Å²) in [5.41, 5.74) is 13.0. The van der Waals surface area contributed by atoms with Crippen LogP contribution in [0.2, 0.25) is 0 Å². The Balaban J connectivity index is 1.10. The molecule has 10 aromatic carbocycles. The third-order valence-electron chi connectivity index (χ3n) is 11.9. The van der Waals surface area contributed by atoms with Gasteiger partial charge in [-0.25, -0.2) is 0 Å². The van der Waals surface area contributed by atoms with Crippen LogP contribution in [0.25, 0.3) is 93.2 Å². The van der Waals surface area contributed by atoms with Gasteiger partial charge in [-0.1, -0.05) is 146 Å². The lowest BCUT2D eigenvalue weighted by atomic mass is 9.98. The molecule has 276 valence electrons. The summed E-state index contributed by atoms with van der Waals surface area (Å²) in [6.45, 7) is 0. The van der Waals surface area contributed by atoms with Gasteiger partial charge in [-0.05, 0) is 111 Å². The number of anilines is 3. The molecule has 0 amide bonds. The molecule has 2 aromatic heterocycles. The predicted octanol–water partition coefficient (Wildman–Crippen LogP) is 15.8. The van der Waals surface area contributed by atoms with Crippen molar-refractivity contribution in [1.29, 1.82) is 0 Å². The molecule has 0 radical (unpaired) electrons. The lowest BCUT2D eigenvalue weighted by Crippen LogP contribution is -2.14. The monoisotopic (exact) mass is 752 g/mol. The highest BCUT2D eigenvalue weighted by Crippen LogP contribution is 2.46. The molecule has 0 aliphatic heterocycles. The molecule has 0 unspecified atom stereocenters. The van der Waals surface area contributed by atoms with Crippen molar-refractivity contribution in [2.75, 3.05) is 4.90 Å². The minimum atomic E-state index is 0.883. The van der Waals surface area contributed by atoms with Crippen LogP contribution in [-0.4, -0.2) is 4.57 Å². The van der Waals surface area contributed by atoms with E-state index in [1.54, 1.807) is 0 Å². The normalized spacial score (nSPS) is 11.7.